The normalized spacial score (nSPS) is 11.5. The van der Waals surface area contributed by atoms with Crippen molar-refractivity contribution in [3.05, 3.63) is 77.0 Å². The van der Waals surface area contributed by atoms with Crippen molar-refractivity contribution in [2.75, 3.05) is 0 Å². The first-order valence-corrected chi connectivity index (χ1v) is 8.78. The summed E-state index contributed by atoms with van der Waals surface area (Å²) in [5.41, 5.74) is 4.82. The summed E-state index contributed by atoms with van der Waals surface area (Å²) >= 11 is 12.0. The Labute approximate surface area is 158 Å². The number of para-hydroxylation sites is 1. The second-order valence-corrected chi connectivity index (χ2v) is 6.75. The third-order valence-electron chi connectivity index (χ3n) is 4.31. The maximum atomic E-state index is 6.07. The maximum Gasteiger partial charge on any atom is 0.193 e. The van der Waals surface area contributed by atoms with E-state index in [-0.39, 0.29) is 0 Å². The molecular weight excluding hydrogens is 369 g/mol. The topological polar surface area (TPSA) is 39.2 Å². The molecule has 0 atom stereocenters. The van der Waals surface area contributed by atoms with Crippen LogP contribution in [0, 0.1) is 0 Å². The predicted molar refractivity (Wildman–Crippen MR) is 105 cm³/mol. The fraction of sp³-hybridized carbons (Fsp3) is 0. The van der Waals surface area contributed by atoms with Crippen molar-refractivity contribution < 1.29 is 8.83 Å². The summed E-state index contributed by atoms with van der Waals surface area (Å²) < 4.78 is 11.7. The van der Waals surface area contributed by atoms with Gasteiger partial charge in [-0.25, -0.2) is 4.98 Å². The number of halogens is 2. The minimum atomic E-state index is 0.328. The average molecular weight is 380 g/mol. The van der Waals surface area contributed by atoms with Crippen molar-refractivity contribution >= 4 is 45.3 Å². The number of fused-ring (bicyclic) bond motifs is 3. The minimum Gasteiger partial charge on any atom is -0.454 e. The zero-order valence-electron chi connectivity index (χ0n) is 13.4. The van der Waals surface area contributed by atoms with Crippen molar-refractivity contribution in [1.29, 1.82) is 0 Å². The number of pyridine rings is 1. The van der Waals surface area contributed by atoms with Crippen molar-refractivity contribution in [2.45, 2.75) is 0 Å². The highest BCUT2D eigenvalue weighted by molar-refractivity contribution is 6.30. The Kier molecular flexibility index (Phi) is 3.52. The summed E-state index contributed by atoms with van der Waals surface area (Å²) in [5, 5.41) is 1.97. The number of rotatable bonds is 2. The van der Waals surface area contributed by atoms with E-state index in [1.807, 2.05) is 60.7 Å². The first-order valence-electron chi connectivity index (χ1n) is 8.03. The van der Waals surface area contributed by atoms with Gasteiger partial charge in [-0.05, 0) is 54.1 Å². The lowest BCUT2D eigenvalue weighted by Gasteiger charge is -2.05. The van der Waals surface area contributed by atoms with Crippen molar-refractivity contribution in [2.24, 2.45) is 0 Å². The Balaban J connectivity index is 1.86. The van der Waals surface area contributed by atoms with E-state index in [0.717, 1.165) is 33.3 Å². The molecule has 0 unspecified atom stereocenters. The maximum absolute atomic E-state index is 6.07. The number of benzene rings is 2. The number of nitrogens with zero attached hydrogens (tertiary/aromatic N) is 1. The molecule has 0 saturated carbocycles. The van der Waals surface area contributed by atoms with Gasteiger partial charge in [-0.2, -0.15) is 0 Å². The minimum absolute atomic E-state index is 0.328. The standard InChI is InChI=1S/C21H11Cl2NO2/c22-13-7-5-12(6-8-13)16-11-15(18-9-10-19(23)25-18)21-20(24-16)14-3-1-2-4-17(14)26-21/h1-11H. The molecule has 0 fully saturated rings. The van der Waals surface area contributed by atoms with Crippen LogP contribution in [-0.4, -0.2) is 4.98 Å². The molecule has 0 N–H and O–H groups in total. The number of hydrogen-bond acceptors (Lipinski definition) is 3. The van der Waals surface area contributed by atoms with Crippen LogP contribution in [0.4, 0.5) is 0 Å². The molecule has 3 nitrogen and oxygen atoms in total. The van der Waals surface area contributed by atoms with E-state index in [9.17, 15) is 0 Å². The van der Waals surface area contributed by atoms with Crippen LogP contribution in [0.2, 0.25) is 10.2 Å². The molecule has 0 bridgehead atoms. The van der Waals surface area contributed by atoms with Crippen LogP contribution in [0.3, 0.4) is 0 Å². The molecule has 5 heteroatoms. The van der Waals surface area contributed by atoms with Gasteiger partial charge in [0.25, 0.3) is 0 Å². The molecule has 0 aliphatic carbocycles. The smallest absolute Gasteiger partial charge is 0.193 e. The Morgan fingerprint density at radius 2 is 1.62 bits per heavy atom. The summed E-state index contributed by atoms with van der Waals surface area (Å²) in [7, 11) is 0. The summed E-state index contributed by atoms with van der Waals surface area (Å²) in [6.07, 6.45) is 0. The molecule has 2 aromatic carbocycles. The average Bonchev–Trinajstić information content (AvgIpc) is 3.25. The molecule has 0 radical (unpaired) electrons. The summed E-state index contributed by atoms with van der Waals surface area (Å²) in [4.78, 5) is 4.84. The second kappa shape index (κ2) is 5.90. The molecule has 3 aromatic heterocycles. The second-order valence-electron chi connectivity index (χ2n) is 5.94. The first-order chi connectivity index (χ1) is 12.7. The Bertz CT molecular complexity index is 1250. The number of aromatic nitrogens is 1. The van der Waals surface area contributed by atoms with Gasteiger partial charge in [-0.1, -0.05) is 35.9 Å². The van der Waals surface area contributed by atoms with Gasteiger partial charge in [0.2, 0.25) is 0 Å². The van der Waals surface area contributed by atoms with Gasteiger partial charge < -0.3 is 8.83 Å². The Hall–Kier alpha value is -2.75. The lowest BCUT2D eigenvalue weighted by molar-refractivity contribution is 0.582. The summed E-state index contributed by atoms with van der Waals surface area (Å²) in [5.74, 6) is 0.636. The van der Waals surface area contributed by atoms with Crippen LogP contribution in [0.1, 0.15) is 0 Å². The fourth-order valence-corrected chi connectivity index (χ4v) is 3.36. The SMILES string of the molecule is Clc1ccc(-c2cc(-c3ccc(Cl)o3)c3oc4ccccc4c3n2)cc1. The van der Waals surface area contributed by atoms with Crippen LogP contribution in [0.15, 0.2) is 75.6 Å². The first kappa shape index (κ1) is 15.5. The van der Waals surface area contributed by atoms with E-state index < -0.39 is 0 Å². The molecule has 0 amide bonds. The van der Waals surface area contributed by atoms with Gasteiger partial charge in [-0.3, -0.25) is 0 Å². The van der Waals surface area contributed by atoms with Crippen molar-refractivity contribution in [1.82, 2.24) is 4.98 Å². The lowest BCUT2D eigenvalue weighted by Crippen LogP contribution is -1.87. The van der Waals surface area contributed by atoms with E-state index >= 15 is 0 Å². The van der Waals surface area contributed by atoms with Crippen molar-refractivity contribution in [3.8, 4) is 22.6 Å². The van der Waals surface area contributed by atoms with Gasteiger partial charge in [-0.15, -0.1) is 0 Å². The van der Waals surface area contributed by atoms with Gasteiger partial charge >= 0.3 is 0 Å². The van der Waals surface area contributed by atoms with Crippen molar-refractivity contribution in [3.63, 3.8) is 0 Å². The van der Waals surface area contributed by atoms with E-state index in [0.29, 0.717) is 21.6 Å². The molecule has 0 spiro atoms. The third kappa shape index (κ3) is 2.48. The molecule has 26 heavy (non-hydrogen) atoms. The fourth-order valence-electron chi connectivity index (χ4n) is 3.09. The summed E-state index contributed by atoms with van der Waals surface area (Å²) in [6, 6.07) is 20.9. The number of furan rings is 2. The van der Waals surface area contributed by atoms with Gasteiger partial charge in [0.15, 0.2) is 10.8 Å². The van der Waals surface area contributed by atoms with Crippen LogP contribution in [-0.2, 0) is 0 Å². The van der Waals surface area contributed by atoms with Crippen LogP contribution < -0.4 is 0 Å². The zero-order valence-corrected chi connectivity index (χ0v) is 14.9. The monoisotopic (exact) mass is 379 g/mol. The summed E-state index contributed by atoms with van der Waals surface area (Å²) in [6.45, 7) is 0. The zero-order chi connectivity index (χ0) is 17.7. The Morgan fingerprint density at radius 1 is 0.808 bits per heavy atom. The molecule has 3 heterocycles. The highest BCUT2D eigenvalue weighted by Gasteiger charge is 2.18. The molecule has 0 saturated heterocycles. The van der Waals surface area contributed by atoms with Crippen LogP contribution in [0.5, 0.6) is 0 Å². The molecule has 0 aliphatic rings. The number of hydrogen-bond donors (Lipinski definition) is 0. The quantitative estimate of drug-likeness (QED) is 0.325. The van der Waals surface area contributed by atoms with E-state index in [1.165, 1.54) is 0 Å². The van der Waals surface area contributed by atoms with Gasteiger partial charge in [0.1, 0.15) is 16.9 Å². The molecule has 5 aromatic rings. The lowest BCUT2D eigenvalue weighted by atomic mass is 10.1. The third-order valence-corrected chi connectivity index (χ3v) is 4.76. The molecule has 5 rings (SSSR count). The molecule has 0 aliphatic heterocycles. The molecule has 126 valence electrons. The van der Waals surface area contributed by atoms with E-state index in [1.54, 1.807) is 6.07 Å². The van der Waals surface area contributed by atoms with Gasteiger partial charge in [0.05, 0.1) is 11.3 Å². The predicted octanol–water partition coefficient (Wildman–Crippen LogP) is 7.21. The van der Waals surface area contributed by atoms with Crippen LogP contribution >= 0.6 is 23.2 Å². The van der Waals surface area contributed by atoms with E-state index in [2.05, 4.69) is 0 Å². The van der Waals surface area contributed by atoms with Gasteiger partial charge in [0, 0.05) is 16.0 Å². The molecular formula is C21H11Cl2NO2. The highest BCUT2D eigenvalue weighted by atomic mass is 35.5. The Morgan fingerprint density at radius 3 is 2.38 bits per heavy atom. The highest BCUT2D eigenvalue weighted by Crippen LogP contribution is 2.38. The van der Waals surface area contributed by atoms with E-state index in [4.69, 9.17) is 37.0 Å². The van der Waals surface area contributed by atoms with Crippen LogP contribution in [0.25, 0.3) is 44.7 Å². The largest absolute Gasteiger partial charge is 0.454 e.